The van der Waals surface area contributed by atoms with Crippen molar-refractivity contribution in [1.82, 2.24) is 5.32 Å². The Balaban J connectivity index is 0.00000240. The molecule has 158 valence electrons. The fourth-order valence-electron chi connectivity index (χ4n) is 6.38. The molecule has 29 heavy (non-hydrogen) atoms. The van der Waals surface area contributed by atoms with Gasteiger partial charge in [0.05, 0.1) is 15.4 Å². The molecule has 0 heterocycles. The van der Waals surface area contributed by atoms with Crippen molar-refractivity contribution in [2.24, 2.45) is 29.4 Å². The third kappa shape index (κ3) is 4.54. The molecule has 7 unspecified atom stereocenters. The Hall–Kier alpha value is 0.170. The minimum Gasteiger partial charge on any atom is -0.748 e. The van der Waals surface area contributed by atoms with Gasteiger partial charge in [-0.25, -0.2) is 8.42 Å². The number of Topliss-reactive ketones (excluding diaryl/α,β-unsaturated/α-hetero) is 2. The van der Waals surface area contributed by atoms with E-state index in [1.807, 2.05) is 0 Å². The first-order valence-electron chi connectivity index (χ1n) is 10.8. The maximum atomic E-state index is 13.4. The van der Waals surface area contributed by atoms with Crippen LogP contribution in [-0.4, -0.2) is 47.9 Å². The zero-order chi connectivity index (χ0) is 20.1. The maximum absolute atomic E-state index is 13.4. The second-order valence-electron chi connectivity index (χ2n) is 9.31. The van der Waals surface area contributed by atoms with Crippen LogP contribution in [0, 0.1) is 23.7 Å². The molecule has 7 nitrogen and oxygen atoms in total. The number of rotatable bonds is 3. The second kappa shape index (κ2) is 9.35. The standard InChI is InChI=1S/C20H32N2O5S.Na/c21-18-15(28(25,26)27)10-14(22-11-6-2-1-3-7-11)16-17(18)20(24)13-9-5-4-8-12(13)19(16)23;/h11-18,22H,1-10,21H2,(H,25,26,27);/q;+1/p-1. The SMILES string of the molecule is NC1C2C(=O)C3CCCCC3C(=O)C2C(NC2CCCCC2)CC1S(=O)(=O)[O-].[Na+]. The number of fused-ring (bicyclic) bond motifs is 2. The van der Waals surface area contributed by atoms with Crippen molar-refractivity contribution in [3.8, 4) is 0 Å². The van der Waals surface area contributed by atoms with Gasteiger partial charge in [-0.05, 0) is 32.1 Å². The molecule has 0 spiro atoms. The van der Waals surface area contributed by atoms with Crippen molar-refractivity contribution >= 4 is 21.7 Å². The summed E-state index contributed by atoms with van der Waals surface area (Å²) in [5.41, 5.74) is 6.21. The first kappa shape index (κ1) is 23.8. The summed E-state index contributed by atoms with van der Waals surface area (Å²) in [6.45, 7) is 0. The van der Waals surface area contributed by atoms with Gasteiger partial charge in [0.15, 0.2) is 0 Å². The van der Waals surface area contributed by atoms with Crippen molar-refractivity contribution in [2.45, 2.75) is 87.6 Å². The minimum absolute atomic E-state index is 0. The van der Waals surface area contributed by atoms with E-state index < -0.39 is 39.3 Å². The van der Waals surface area contributed by atoms with Gasteiger partial charge in [-0.2, -0.15) is 0 Å². The van der Waals surface area contributed by atoms with E-state index in [1.54, 1.807) is 0 Å². The van der Waals surface area contributed by atoms with Gasteiger partial charge in [-0.1, -0.05) is 32.1 Å². The van der Waals surface area contributed by atoms with Crippen molar-refractivity contribution in [2.75, 3.05) is 0 Å². The van der Waals surface area contributed by atoms with E-state index in [4.69, 9.17) is 5.73 Å². The molecule has 0 bridgehead atoms. The molecule has 4 rings (SSSR count). The second-order valence-corrected chi connectivity index (χ2v) is 10.9. The number of carbonyl (C=O) groups excluding carboxylic acids is 2. The first-order valence-corrected chi connectivity index (χ1v) is 12.3. The number of ketones is 2. The molecule has 4 fully saturated rings. The van der Waals surface area contributed by atoms with Gasteiger partial charge in [-0.3, -0.25) is 9.59 Å². The summed E-state index contributed by atoms with van der Waals surface area (Å²) in [6, 6.07) is -1.34. The molecular weight excluding hydrogens is 403 g/mol. The number of carbonyl (C=O) groups is 2. The number of nitrogens with one attached hydrogen (secondary N) is 1. The monoisotopic (exact) mass is 434 g/mol. The molecule has 4 aliphatic carbocycles. The van der Waals surface area contributed by atoms with E-state index in [-0.39, 0.29) is 65.4 Å². The maximum Gasteiger partial charge on any atom is 1.00 e. The van der Waals surface area contributed by atoms with Crippen LogP contribution < -0.4 is 40.6 Å². The summed E-state index contributed by atoms with van der Waals surface area (Å²) >= 11 is 0. The van der Waals surface area contributed by atoms with Crippen LogP contribution in [0.2, 0.25) is 0 Å². The van der Waals surface area contributed by atoms with Gasteiger partial charge in [-0.15, -0.1) is 0 Å². The summed E-state index contributed by atoms with van der Waals surface area (Å²) < 4.78 is 35.8. The Labute approximate surface area is 195 Å². The molecule has 7 atom stereocenters. The van der Waals surface area contributed by atoms with Crippen molar-refractivity contribution in [3.63, 3.8) is 0 Å². The topological polar surface area (TPSA) is 129 Å². The molecular formula is C20H31N2NaO5S. The predicted molar refractivity (Wildman–Crippen MR) is 102 cm³/mol. The third-order valence-electron chi connectivity index (χ3n) is 7.73. The summed E-state index contributed by atoms with van der Waals surface area (Å²) in [7, 11) is -4.65. The first-order chi connectivity index (χ1) is 13.3. The van der Waals surface area contributed by atoms with Crippen LogP contribution in [0.4, 0.5) is 0 Å². The summed E-state index contributed by atoms with van der Waals surface area (Å²) in [5, 5.41) is 2.18. The smallest absolute Gasteiger partial charge is 0.748 e. The molecule has 0 aromatic heterocycles. The third-order valence-corrected chi connectivity index (χ3v) is 8.98. The van der Waals surface area contributed by atoms with Gasteiger partial charge >= 0.3 is 29.6 Å². The van der Waals surface area contributed by atoms with E-state index in [0.29, 0.717) is 6.42 Å². The molecule has 0 amide bonds. The van der Waals surface area contributed by atoms with E-state index in [1.165, 1.54) is 6.42 Å². The Morgan fingerprint density at radius 2 is 1.38 bits per heavy atom. The summed E-state index contributed by atoms with van der Waals surface area (Å²) in [4.78, 5) is 26.7. The quantitative estimate of drug-likeness (QED) is 0.393. The van der Waals surface area contributed by atoms with Crippen LogP contribution in [0.15, 0.2) is 0 Å². The van der Waals surface area contributed by atoms with Crippen LogP contribution >= 0.6 is 0 Å². The van der Waals surface area contributed by atoms with Crippen molar-refractivity contribution < 1.29 is 52.1 Å². The molecule has 3 N–H and O–H groups in total. The van der Waals surface area contributed by atoms with Gasteiger partial charge in [0.2, 0.25) is 0 Å². The average Bonchev–Trinajstić information content (AvgIpc) is 2.67. The Morgan fingerprint density at radius 3 is 1.93 bits per heavy atom. The zero-order valence-corrected chi connectivity index (χ0v) is 20.0. The van der Waals surface area contributed by atoms with E-state index in [0.717, 1.165) is 44.9 Å². The molecule has 0 saturated heterocycles. The van der Waals surface area contributed by atoms with Gasteiger partial charge in [0, 0.05) is 41.8 Å². The van der Waals surface area contributed by atoms with Crippen molar-refractivity contribution in [1.29, 1.82) is 0 Å². The normalized spacial score (nSPS) is 41.2. The summed E-state index contributed by atoms with van der Waals surface area (Å²) in [6.07, 6.45) is 8.60. The molecule has 9 heteroatoms. The fourth-order valence-corrected chi connectivity index (χ4v) is 7.37. The molecule has 0 aliphatic heterocycles. The Morgan fingerprint density at radius 1 is 0.862 bits per heavy atom. The molecule has 0 radical (unpaired) electrons. The van der Waals surface area contributed by atoms with E-state index >= 15 is 0 Å². The van der Waals surface area contributed by atoms with Crippen LogP contribution in [0.1, 0.15) is 64.2 Å². The zero-order valence-electron chi connectivity index (χ0n) is 17.2. The molecule has 4 aliphatic rings. The molecule has 4 saturated carbocycles. The molecule has 0 aromatic carbocycles. The Kier molecular flexibility index (Phi) is 7.68. The minimum atomic E-state index is -4.65. The van der Waals surface area contributed by atoms with Crippen LogP contribution in [0.25, 0.3) is 0 Å². The van der Waals surface area contributed by atoms with Gasteiger partial charge < -0.3 is 15.6 Å². The van der Waals surface area contributed by atoms with Crippen LogP contribution in [-0.2, 0) is 19.7 Å². The van der Waals surface area contributed by atoms with Gasteiger partial charge in [0.25, 0.3) is 0 Å². The molecule has 0 aromatic rings. The fraction of sp³-hybridized carbons (Fsp3) is 0.900. The van der Waals surface area contributed by atoms with Crippen LogP contribution in [0.5, 0.6) is 0 Å². The summed E-state index contributed by atoms with van der Waals surface area (Å²) in [5.74, 6) is -2.06. The van der Waals surface area contributed by atoms with Crippen LogP contribution in [0.3, 0.4) is 0 Å². The Bertz CT molecular complexity index is 739. The number of hydrogen-bond donors (Lipinski definition) is 2. The van der Waals surface area contributed by atoms with Gasteiger partial charge in [0.1, 0.15) is 11.6 Å². The predicted octanol–water partition coefficient (Wildman–Crippen LogP) is -1.88. The van der Waals surface area contributed by atoms with E-state index in [2.05, 4.69) is 5.32 Å². The van der Waals surface area contributed by atoms with Crippen molar-refractivity contribution in [3.05, 3.63) is 0 Å². The number of nitrogens with two attached hydrogens (primary N) is 1. The average molecular weight is 435 g/mol. The largest absolute Gasteiger partial charge is 1.00 e. The number of hydrogen-bond acceptors (Lipinski definition) is 7. The van der Waals surface area contributed by atoms with E-state index in [9.17, 15) is 22.6 Å².